The van der Waals surface area contributed by atoms with Gasteiger partial charge in [-0.1, -0.05) is 0 Å². The Hall–Kier alpha value is -6.92. The molecule has 356 valence electrons. The summed E-state index contributed by atoms with van der Waals surface area (Å²) < 4.78 is 86.4. The Morgan fingerprint density at radius 3 is 1.94 bits per heavy atom. The van der Waals surface area contributed by atoms with Gasteiger partial charge < -0.3 is 40.0 Å². The van der Waals surface area contributed by atoms with E-state index in [0.717, 1.165) is 55.3 Å². The maximum Gasteiger partial charge on any atom is 0.171 e. The van der Waals surface area contributed by atoms with Crippen LogP contribution in [0.1, 0.15) is 66.5 Å². The van der Waals surface area contributed by atoms with Crippen LogP contribution >= 0.6 is 0 Å². The minimum absolute atomic E-state index is 0.0111. The Morgan fingerprint density at radius 1 is 0.765 bits per heavy atom. The number of piperidine rings is 2. The SMILES string of the molecule is COc1cc(OC)c(F)c(Cc2c[nH]c3ncc(C(C=NC4CCN(C(C)COc5cc(OC)c(F)c(Cc6c[nH]c7ncc(-c8cnn(C9CCNCC9)c8)cc67)c5F)CC4)=CN)cc23)c1F. The molecule has 1 atom stereocenters. The number of ether oxygens (including phenoxy) is 4. The largest absolute Gasteiger partial charge is 0.494 e. The molecule has 7 heterocycles. The van der Waals surface area contributed by atoms with Gasteiger partial charge in [0.25, 0.3) is 0 Å². The third-order valence-electron chi connectivity index (χ3n) is 13.2. The molecule has 0 bridgehead atoms. The van der Waals surface area contributed by atoms with Crippen LogP contribution < -0.4 is 30.0 Å². The van der Waals surface area contributed by atoms with Gasteiger partial charge in [-0.2, -0.15) is 5.10 Å². The van der Waals surface area contributed by atoms with Crippen molar-refractivity contribution >= 4 is 33.9 Å². The maximum atomic E-state index is 16.3. The molecule has 2 fully saturated rings. The van der Waals surface area contributed by atoms with Gasteiger partial charge in [-0.25, -0.2) is 27.5 Å². The second-order valence-corrected chi connectivity index (χ2v) is 17.3. The van der Waals surface area contributed by atoms with Gasteiger partial charge in [-0.05, 0) is 69.0 Å². The topological polar surface area (TPSA) is 166 Å². The highest BCUT2D eigenvalue weighted by atomic mass is 19.1. The van der Waals surface area contributed by atoms with Crippen molar-refractivity contribution in [1.29, 1.82) is 0 Å². The van der Waals surface area contributed by atoms with Crippen molar-refractivity contribution in [3.05, 3.63) is 119 Å². The Labute approximate surface area is 390 Å². The van der Waals surface area contributed by atoms with E-state index in [-0.39, 0.29) is 65.7 Å². The molecule has 14 nitrogen and oxygen atoms in total. The van der Waals surface area contributed by atoms with Crippen LogP contribution in [0.4, 0.5) is 17.6 Å². The Morgan fingerprint density at radius 2 is 1.34 bits per heavy atom. The maximum absolute atomic E-state index is 16.3. The number of nitrogens with zero attached hydrogens (tertiary/aromatic N) is 6. The predicted molar refractivity (Wildman–Crippen MR) is 253 cm³/mol. The van der Waals surface area contributed by atoms with Crippen LogP contribution in [0.5, 0.6) is 23.0 Å². The number of hydrogen-bond donors (Lipinski definition) is 4. The van der Waals surface area contributed by atoms with E-state index in [1.54, 1.807) is 31.0 Å². The second-order valence-electron chi connectivity index (χ2n) is 17.3. The molecule has 5 aromatic heterocycles. The third kappa shape index (κ3) is 9.34. The second kappa shape index (κ2) is 20.1. The molecule has 2 saturated heterocycles. The fraction of sp³-hybridized carbons (Fsp3) is 0.360. The molecule has 0 saturated carbocycles. The van der Waals surface area contributed by atoms with Crippen molar-refractivity contribution in [3.8, 4) is 34.1 Å². The normalized spacial score (nSPS) is 16.0. The number of methoxy groups -OCH3 is 3. The molecular weight excluding hydrogens is 881 g/mol. The number of nitrogens with two attached hydrogens (primary N) is 1. The van der Waals surface area contributed by atoms with Crippen LogP contribution in [-0.2, 0) is 12.8 Å². The number of rotatable bonds is 16. The molecule has 1 unspecified atom stereocenters. The molecule has 0 aliphatic carbocycles. The predicted octanol–water partition coefficient (Wildman–Crippen LogP) is 8.29. The van der Waals surface area contributed by atoms with E-state index in [2.05, 4.69) is 35.3 Å². The number of likely N-dealkylation sites (tertiary alicyclic amines) is 1. The third-order valence-corrected chi connectivity index (χ3v) is 13.2. The van der Waals surface area contributed by atoms with E-state index in [1.165, 1.54) is 39.7 Å². The van der Waals surface area contributed by atoms with E-state index < -0.39 is 23.3 Å². The summed E-state index contributed by atoms with van der Waals surface area (Å²) >= 11 is 0. The number of pyridine rings is 2. The number of H-pyrrole nitrogens is 2. The van der Waals surface area contributed by atoms with E-state index in [4.69, 9.17) is 29.7 Å². The van der Waals surface area contributed by atoms with E-state index in [0.29, 0.717) is 58.1 Å². The number of fused-ring (bicyclic) bond motifs is 2. The fourth-order valence-corrected chi connectivity index (χ4v) is 9.19. The molecule has 7 aromatic rings. The number of halogens is 4. The first-order chi connectivity index (χ1) is 33.1. The number of aromatic amines is 2. The standard InChI is InChI=1S/C50H54F4N10O4/c1-28(63-11-7-35(8-12-63)57-24-33(19-55)29-13-37-31(22-60-49(37)58-20-29)15-39-45(51)41(65-2)17-42(66-3)46(39)52)27-68-44-18-43(67-4)47(53)40(48(44)54)16-32-23-61-50-38(32)14-30(21-59-50)34-25-62-64(26-34)36-5-9-56-10-6-36/h13-14,17-26,28,35-36,56H,5-12,15-16,27,55H2,1-4H3,(H,58,60)(H,59,61). The molecule has 5 N–H and O–H groups in total. The number of allylic oxidation sites excluding steroid dienone is 1. The van der Waals surface area contributed by atoms with Crippen molar-refractivity contribution in [2.24, 2.45) is 10.7 Å². The zero-order valence-electron chi connectivity index (χ0n) is 38.3. The lowest BCUT2D eigenvalue weighted by molar-refractivity contribution is 0.116. The first kappa shape index (κ1) is 46.2. The summed E-state index contributed by atoms with van der Waals surface area (Å²) in [7, 11) is 3.97. The van der Waals surface area contributed by atoms with Gasteiger partial charge in [0.05, 0.1) is 39.6 Å². The molecule has 0 amide bonds. The Balaban J connectivity index is 0.828. The number of aromatic nitrogens is 6. The fourth-order valence-electron chi connectivity index (χ4n) is 9.19. The van der Waals surface area contributed by atoms with E-state index >= 15 is 17.6 Å². The molecular formula is C50H54F4N10O4. The highest BCUT2D eigenvalue weighted by molar-refractivity contribution is 6.10. The zero-order chi connectivity index (χ0) is 47.5. The lowest BCUT2D eigenvalue weighted by Crippen LogP contribution is -2.43. The van der Waals surface area contributed by atoms with Gasteiger partial charge in [0, 0.05) is 132 Å². The smallest absolute Gasteiger partial charge is 0.171 e. The average Bonchev–Trinajstić information content (AvgIpc) is 4.13. The van der Waals surface area contributed by atoms with Gasteiger partial charge in [-0.15, -0.1) is 0 Å². The highest BCUT2D eigenvalue weighted by Gasteiger charge is 2.27. The van der Waals surface area contributed by atoms with Crippen molar-refractivity contribution in [2.75, 3.05) is 54.1 Å². The summed E-state index contributed by atoms with van der Waals surface area (Å²) in [6.07, 6.45) is 17.3. The quantitative estimate of drug-likeness (QED) is 0.0547. The number of hydrogen-bond acceptors (Lipinski definition) is 11. The lowest BCUT2D eigenvalue weighted by atomic mass is 10.0. The van der Waals surface area contributed by atoms with Crippen molar-refractivity contribution in [2.45, 2.75) is 63.6 Å². The molecule has 2 aromatic carbocycles. The zero-order valence-corrected chi connectivity index (χ0v) is 38.3. The van der Waals surface area contributed by atoms with Crippen molar-refractivity contribution < 1.29 is 36.5 Å². The van der Waals surface area contributed by atoms with Crippen molar-refractivity contribution in [3.63, 3.8) is 0 Å². The van der Waals surface area contributed by atoms with Gasteiger partial charge in [0.15, 0.2) is 46.3 Å². The summed E-state index contributed by atoms with van der Waals surface area (Å²) in [6.45, 7) is 5.51. The number of nitrogens with one attached hydrogen (secondary N) is 3. The molecule has 9 rings (SSSR count). The monoisotopic (exact) mass is 934 g/mol. The molecule has 0 spiro atoms. The van der Waals surface area contributed by atoms with Crippen LogP contribution in [0.2, 0.25) is 0 Å². The highest BCUT2D eigenvalue weighted by Crippen LogP contribution is 2.37. The van der Waals surface area contributed by atoms with E-state index in [9.17, 15) is 0 Å². The van der Waals surface area contributed by atoms with Crippen molar-refractivity contribution in [1.82, 2.24) is 39.9 Å². The summed E-state index contributed by atoms with van der Waals surface area (Å²) in [6, 6.07) is 6.54. The summed E-state index contributed by atoms with van der Waals surface area (Å²) in [5.41, 5.74) is 11.3. The summed E-state index contributed by atoms with van der Waals surface area (Å²) in [5, 5.41) is 9.44. The van der Waals surface area contributed by atoms with Crippen LogP contribution in [0.3, 0.4) is 0 Å². The number of aliphatic imine (C=N–C) groups is 1. The van der Waals surface area contributed by atoms with Crippen LogP contribution in [0, 0.1) is 23.3 Å². The first-order valence-electron chi connectivity index (χ1n) is 22.7. The lowest BCUT2D eigenvalue weighted by Gasteiger charge is -2.34. The van der Waals surface area contributed by atoms with Crippen LogP contribution in [0.25, 0.3) is 38.8 Å². The van der Waals surface area contributed by atoms with Gasteiger partial charge >= 0.3 is 0 Å². The molecule has 68 heavy (non-hydrogen) atoms. The Bertz CT molecular complexity index is 2960. The first-order valence-corrected chi connectivity index (χ1v) is 22.7. The number of benzene rings is 2. The molecule has 0 radical (unpaired) electrons. The molecule has 2 aliphatic rings. The Kier molecular flexibility index (Phi) is 13.7. The molecule has 18 heteroatoms. The van der Waals surface area contributed by atoms with E-state index in [1.807, 2.05) is 36.1 Å². The van der Waals surface area contributed by atoms with Gasteiger partial charge in [0.2, 0.25) is 0 Å². The van der Waals surface area contributed by atoms with Gasteiger partial charge in [0.1, 0.15) is 17.9 Å². The summed E-state index contributed by atoms with van der Waals surface area (Å²) in [5.74, 6) is -3.61. The minimum Gasteiger partial charge on any atom is -0.494 e. The summed E-state index contributed by atoms with van der Waals surface area (Å²) in [4.78, 5) is 22.5. The minimum atomic E-state index is -0.804. The average molecular weight is 935 g/mol. The van der Waals surface area contributed by atoms with Crippen LogP contribution in [-0.4, -0.2) is 107 Å². The molecule has 2 aliphatic heterocycles. The van der Waals surface area contributed by atoms with Crippen LogP contribution in [0.15, 0.2) is 72.6 Å². The van der Waals surface area contributed by atoms with Gasteiger partial charge in [-0.3, -0.25) is 14.6 Å².